The van der Waals surface area contributed by atoms with E-state index in [0.717, 1.165) is 18.6 Å². The molecule has 0 saturated carbocycles. The summed E-state index contributed by atoms with van der Waals surface area (Å²) in [5, 5.41) is 0.664. The molecule has 3 nitrogen and oxygen atoms in total. The molecular weight excluding hydrogens is 236 g/mol. The van der Waals surface area contributed by atoms with Crippen molar-refractivity contribution in [1.82, 2.24) is 5.43 Å². The monoisotopic (exact) mass is 252 g/mol. The summed E-state index contributed by atoms with van der Waals surface area (Å²) in [7, 11) is 0. The van der Waals surface area contributed by atoms with E-state index < -0.39 is 0 Å². The second-order valence-corrected chi connectivity index (χ2v) is 4.03. The van der Waals surface area contributed by atoms with Crippen molar-refractivity contribution in [2.75, 3.05) is 6.61 Å². The number of nitrogens with one attached hydrogen (secondary N) is 1. The Morgan fingerprint density at radius 2 is 2.35 bits per heavy atom. The SMILES string of the molecule is CC#CCCC(COc1cccc(Cl)c1)NN. The number of hydrogen-bond donors (Lipinski definition) is 2. The maximum atomic E-state index is 5.86. The van der Waals surface area contributed by atoms with Crippen LogP contribution in [0.25, 0.3) is 0 Å². The summed E-state index contributed by atoms with van der Waals surface area (Å²) in [6, 6.07) is 7.40. The first kappa shape index (κ1) is 13.9. The highest BCUT2D eigenvalue weighted by atomic mass is 35.5. The Morgan fingerprint density at radius 3 is 3.00 bits per heavy atom. The van der Waals surface area contributed by atoms with E-state index >= 15 is 0 Å². The highest BCUT2D eigenvalue weighted by Gasteiger charge is 2.06. The van der Waals surface area contributed by atoms with Gasteiger partial charge in [-0.05, 0) is 31.5 Å². The molecule has 3 N–H and O–H groups in total. The summed E-state index contributed by atoms with van der Waals surface area (Å²) in [6.45, 7) is 2.33. The number of hydrogen-bond acceptors (Lipinski definition) is 3. The van der Waals surface area contributed by atoms with Crippen LogP contribution in [-0.4, -0.2) is 12.6 Å². The number of ether oxygens (including phenoxy) is 1. The van der Waals surface area contributed by atoms with Crippen LogP contribution in [0.1, 0.15) is 19.8 Å². The minimum absolute atomic E-state index is 0.0924. The smallest absolute Gasteiger partial charge is 0.120 e. The zero-order chi connectivity index (χ0) is 12.5. The molecule has 0 aliphatic rings. The average molecular weight is 253 g/mol. The highest BCUT2D eigenvalue weighted by Crippen LogP contribution is 2.17. The lowest BCUT2D eigenvalue weighted by atomic mass is 10.2. The molecule has 1 rings (SSSR count). The van der Waals surface area contributed by atoms with Crippen molar-refractivity contribution in [3.8, 4) is 17.6 Å². The van der Waals surface area contributed by atoms with Crippen LogP contribution < -0.4 is 16.0 Å². The van der Waals surface area contributed by atoms with Gasteiger partial charge in [-0.15, -0.1) is 11.8 Å². The Bertz CT molecular complexity index is 398. The molecule has 4 heteroatoms. The molecule has 0 fully saturated rings. The lowest BCUT2D eigenvalue weighted by molar-refractivity contribution is 0.259. The minimum atomic E-state index is 0.0924. The van der Waals surface area contributed by atoms with Gasteiger partial charge < -0.3 is 4.74 Å². The summed E-state index contributed by atoms with van der Waals surface area (Å²) in [4.78, 5) is 0. The molecule has 0 aromatic heterocycles. The molecule has 0 aliphatic carbocycles. The highest BCUT2D eigenvalue weighted by molar-refractivity contribution is 6.30. The van der Waals surface area contributed by atoms with Crippen LogP contribution in [0.15, 0.2) is 24.3 Å². The van der Waals surface area contributed by atoms with Crippen LogP contribution in [-0.2, 0) is 0 Å². The van der Waals surface area contributed by atoms with E-state index in [-0.39, 0.29) is 6.04 Å². The van der Waals surface area contributed by atoms with E-state index in [2.05, 4.69) is 17.3 Å². The van der Waals surface area contributed by atoms with Gasteiger partial charge in [0, 0.05) is 11.4 Å². The molecule has 1 unspecified atom stereocenters. The van der Waals surface area contributed by atoms with E-state index in [0.29, 0.717) is 11.6 Å². The van der Waals surface area contributed by atoms with E-state index in [4.69, 9.17) is 22.2 Å². The second kappa shape index (κ2) is 7.97. The molecular formula is C13H17ClN2O. The Labute approximate surface area is 107 Å². The van der Waals surface area contributed by atoms with Gasteiger partial charge in [-0.2, -0.15) is 0 Å². The first-order valence-electron chi connectivity index (χ1n) is 5.50. The van der Waals surface area contributed by atoms with Crippen LogP contribution in [0.5, 0.6) is 5.75 Å². The van der Waals surface area contributed by atoms with Gasteiger partial charge >= 0.3 is 0 Å². The molecule has 17 heavy (non-hydrogen) atoms. The molecule has 0 saturated heterocycles. The third-order valence-corrected chi connectivity index (χ3v) is 2.51. The summed E-state index contributed by atoms with van der Waals surface area (Å²) in [5.41, 5.74) is 2.72. The lowest BCUT2D eigenvalue weighted by Crippen LogP contribution is -2.39. The maximum absolute atomic E-state index is 5.86. The quantitative estimate of drug-likeness (QED) is 0.464. The van der Waals surface area contributed by atoms with E-state index in [1.165, 1.54) is 0 Å². The van der Waals surface area contributed by atoms with Crippen LogP contribution >= 0.6 is 11.6 Å². The molecule has 0 bridgehead atoms. The van der Waals surface area contributed by atoms with Gasteiger partial charge in [0.2, 0.25) is 0 Å². The van der Waals surface area contributed by atoms with Crippen LogP contribution in [0.4, 0.5) is 0 Å². The fourth-order valence-corrected chi connectivity index (χ4v) is 1.52. The van der Waals surface area contributed by atoms with Gasteiger partial charge in [0.1, 0.15) is 12.4 Å². The minimum Gasteiger partial charge on any atom is -0.492 e. The molecule has 0 spiro atoms. The second-order valence-electron chi connectivity index (χ2n) is 3.60. The van der Waals surface area contributed by atoms with Crippen molar-refractivity contribution in [2.45, 2.75) is 25.8 Å². The normalized spacial score (nSPS) is 11.5. The maximum Gasteiger partial charge on any atom is 0.120 e. The fourth-order valence-electron chi connectivity index (χ4n) is 1.34. The zero-order valence-corrected chi connectivity index (χ0v) is 10.6. The molecule has 0 heterocycles. The first-order chi connectivity index (χ1) is 8.26. The Morgan fingerprint density at radius 1 is 1.53 bits per heavy atom. The van der Waals surface area contributed by atoms with E-state index in [1.54, 1.807) is 6.07 Å². The summed E-state index contributed by atoms with van der Waals surface area (Å²) < 4.78 is 5.60. The van der Waals surface area contributed by atoms with Gasteiger partial charge in [0.25, 0.3) is 0 Å². The van der Waals surface area contributed by atoms with Crippen molar-refractivity contribution >= 4 is 11.6 Å². The van der Waals surface area contributed by atoms with Crippen LogP contribution in [0.2, 0.25) is 5.02 Å². The molecule has 1 aromatic carbocycles. The van der Waals surface area contributed by atoms with Crippen molar-refractivity contribution in [2.24, 2.45) is 5.84 Å². The summed E-state index contributed by atoms with van der Waals surface area (Å²) in [6.07, 6.45) is 1.67. The van der Waals surface area contributed by atoms with Crippen LogP contribution in [0.3, 0.4) is 0 Å². The Balaban J connectivity index is 2.38. The van der Waals surface area contributed by atoms with E-state index in [9.17, 15) is 0 Å². The number of rotatable bonds is 6. The van der Waals surface area contributed by atoms with Crippen molar-refractivity contribution in [1.29, 1.82) is 0 Å². The predicted molar refractivity (Wildman–Crippen MR) is 70.7 cm³/mol. The van der Waals surface area contributed by atoms with Crippen molar-refractivity contribution in [3.63, 3.8) is 0 Å². The zero-order valence-electron chi connectivity index (χ0n) is 9.87. The Hall–Kier alpha value is -1.21. The first-order valence-corrected chi connectivity index (χ1v) is 5.88. The predicted octanol–water partition coefficient (Wildman–Crippen LogP) is 2.35. The molecule has 1 aromatic rings. The molecule has 92 valence electrons. The van der Waals surface area contributed by atoms with Crippen molar-refractivity contribution in [3.05, 3.63) is 29.3 Å². The largest absolute Gasteiger partial charge is 0.492 e. The van der Waals surface area contributed by atoms with Gasteiger partial charge in [-0.3, -0.25) is 11.3 Å². The number of benzene rings is 1. The third kappa shape index (κ3) is 5.60. The standard InChI is InChI=1S/C13H17ClN2O/c1-2-3-4-7-12(16-15)10-17-13-8-5-6-11(14)9-13/h5-6,8-9,12,16H,4,7,10,15H2,1H3. The average Bonchev–Trinajstić information content (AvgIpc) is 2.34. The molecule has 0 amide bonds. The number of halogens is 1. The molecule has 1 atom stereocenters. The summed E-state index contributed by atoms with van der Waals surface area (Å²) in [5.74, 6) is 12.0. The lowest BCUT2D eigenvalue weighted by Gasteiger charge is -2.15. The van der Waals surface area contributed by atoms with Gasteiger partial charge in [0.05, 0.1) is 6.04 Å². The van der Waals surface area contributed by atoms with Gasteiger partial charge in [-0.1, -0.05) is 17.7 Å². The number of nitrogens with two attached hydrogens (primary N) is 1. The van der Waals surface area contributed by atoms with Gasteiger partial charge in [0.15, 0.2) is 0 Å². The van der Waals surface area contributed by atoms with Crippen molar-refractivity contribution < 1.29 is 4.74 Å². The molecule has 0 aliphatic heterocycles. The number of hydrazine groups is 1. The van der Waals surface area contributed by atoms with E-state index in [1.807, 2.05) is 25.1 Å². The molecule has 0 radical (unpaired) electrons. The topological polar surface area (TPSA) is 47.3 Å². The third-order valence-electron chi connectivity index (χ3n) is 2.28. The Kier molecular flexibility index (Phi) is 6.49. The fraction of sp³-hybridized carbons (Fsp3) is 0.385. The van der Waals surface area contributed by atoms with Gasteiger partial charge in [-0.25, -0.2) is 0 Å². The van der Waals surface area contributed by atoms with Crippen LogP contribution in [0, 0.1) is 11.8 Å². The summed E-state index contributed by atoms with van der Waals surface area (Å²) >= 11 is 5.86.